The van der Waals surface area contributed by atoms with Crippen molar-refractivity contribution < 1.29 is 0 Å². The monoisotopic (exact) mass is 617 g/mol. The second-order valence-corrected chi connectivity index (χ2v) is 11.6. The van der Waals surface area contributed by atoms with E-state index in [1.807, 2.05) is 72.9 Å². The highest BCUT2D eigenvalue weighted by molar-refractivity contribution is 6.02. The minimum atomic E-state index is -0.112. The summed E-state index contributed by atoms with van der Waals surface area (Å²) >= 11 is 0. The van der Waals surface area contributed by atoms with Crippen LogP contribution in [0.1, 0.15) is 24.0 Å². The summed E-state index contributed by atoms with van der Waals surface area (Å²) in [6.07, 6.45) is 23.4. The molecule has 2 aliphatic carbocycles. The SMILES string of the molecule is C1=CC=CC(c2nc(C3=CC=CC=CC3)nc(-c3c(-c4nc(-c5ccccc5)cc(-c5ccccc5)n4)ccc4ccccc34)n2)C=C1. The Bertz CT molecular complexity index is 2240. The van der Waals surface area contributed by atoms with E-state index in [0.717, 1.165) is 56.4 Å². The first-order valence-electron chi connectivity index (χ1n) is 16.1. The predicted molar refractivity (Wildman–Crippen MR) is 196 cm³/mol. The lowest BCUT2D eigenvalue weighted by Gasteiger charge is -2.16. The molecule has 5 nitrogen and oxygen atoms in total. The van der Waals surface area contributed by atoms with E-state index in [9.17, 15) is 0 Å². The van der Waals surface area contributed by atoms with E-state index in [1.165, 1.54) is 0 Å². The fraction of sp³-hybridized carbons (Fsp3) is 0.0465. The van der Waals surface area contributed by atoms with Gasteiger partial charge in [-0.1, -0.05) is 158 Å². The number of hydrogen-bond acceptors (Lipinski definition) is 5. The van der Waals surface area contributed by atoms with Crippen molar-refractivity contribution in [2.45, 2.75) is 12.3 Å². The van der Waals surface area contributed by atoms with Gasteiger partial charge in [0.2, 0.25) is 0 Å². The maximum Gasteiger partial charge on any atom is 0.165 e. The zero-order valence-corrected chi connectivity index (χ0v) is 26.2. The van der Waals surface area contributed by atoms with Crippen LogP contribution in [0.15, 0.2) is 170 Å². The Morgan fingerprint density at radius 3 is 1.88 bits per heavy atom. The number of nitrogens with zero attached hydrogens (tertiary/aromatic N) is 5. The summed E-state index contributed by atoms with van der Waals surface area (Å²) in [6.45, 7) is 0. The third-order valence-electron chi connectivity index (χ3n) is 8.46. The Morgan fingerprint density at radius 2 is 1.15 bits per heavy atom. The molecule has 2 heterocycles. The summed E-state index contributed by atoms with van der Waals surface area (Å²) in [5, 5.41) is 2.11. The molecule has 48 heavy (non-hydrogen) atoms. The molecule has 0 spiro atoms. The van der Waals surface area contributed by atoms with Crippen LogP contribution in [0.4, 0.5) is 0 Å². The van der Waals surface area contributed by atoms with E-state index in [-0.39, 0.29) is 5.92 Å². The van der Waals surface area contributed by atoms with Gasteiger partial charge in [-0.2, -0.15) is 0 Å². The minimum absolute atomic E-state index is 0.112. The molecule has 0 fully saturated rings. The Hall–Kier alpha value is -6.33. The van der Waals surface area contributed by atoms with E-state index in [1.54, 1.807) is 0 Å². The molecule has 228 valence electrons. The Balaban J connectivity index is 1.40. The van der Waals surface area contributed by atoms with Crippen molar-refractivity contribution in [2.75, 3.05) is 0 Å². The molecular formula is C43H31N5. The van der Waals surface area contributed by atoms with Gasteiger partial charge in [0, 0.05) is 27.8 Å². The second-order valence-electron chi connectivity index (χ2n) is 11.6. The van der Waals surface area contributed by atoms with Gasteiger partial charge in [-0.15, -0.1) is 0 Å². The number of fused-ring (bicyclic) bond motifs is 1. The number of aromatic nitrogens is 5. The topological polar surface area (TPSA) is 64.5 Å². The molecule has 0 saturated carbocycles. The molecule has 0 N–H and O–H groups in total. The molecule has 5 heteroatoms. The van der Waals surface area contributed by atoms with Crippen molar-refractivity contribution in [3.8, 4) is 45.3 Å². The van der Waals surface area contributed by atoms with E-state index in [0.29, 0.717) is 23.3 Å². The van der Waals surface area contributed by atoms with Gasteiger partial charge in [-0.05, 0) is 29.3 Å². The van der Waals surface area contributed by atoms with Crippen LogP contribution in [0.3, 0.4) is 0 Å². The van der Waals surface area contributed by atoms with E-state index >= 15 is 0 Å². The van der Waals surface area contributed by atoms with Gasteiger partial charge in [0.15, 0.2) is 17.5 Å². The van der Waals surface area contributed by atoms with E-state index in [2.05, 4.69) is 97.1 Å². The molecule has 0 saturated heterocycles. The Labute approximate surface area is 279 Å². The lowest BCUT2D eigenvalue weighted by atomic mass is 9.96. The zero-order chi connectivity index (χ0) is 32.1. The van der Waals surface area contributed by atoms with Crippen molar-refractivity contribution in [3.05, 3.63) is 182 Å². The molecule has 4 aromatic carbocycles. The van der Waals surface area contributed by atoms with Crippen molar-refractivity contribution in [1.82, 2.24) is 24.9 Å². The summed E-state index contributed by atoms with van der Waals surface area (Å²) in [5.41, 5.74) is 6.50. The van der Waals surface area contributed by atoms with E-state index < -0.39 is 0 Å². The third kappa shape index (κ3) is 5.97. The van der Waals surface area contributed by atoms with Crippen LogP contribution in [0.5, 0.6) is 0 Å². The number of hydrogen-bond donors (Lipinski definition) is 0. The first kappa shape index (κ1) is 29.1. The average Bonchev–Trinajstić information content (AvgIpc) is 3.61. The minimum Gasteiger partial charge on any atom is -0.228 e. The van der Waals surface area contributed by atoms with Crippen LogP contribution in [0.25, 0.3) is 61.6 Å². The maximum absolute atomic E-state index is 5.21. The fourth-order valence-corrected chi connectivity index (χ4v) is 6.05. The van der Waals surface area contributed by atoms with Gasteiger partial charge in [0.05, 0.1) is 17.3 Å². The van der Waals surface area contributed by atoms with Crippen LogP contribution in [0.2, 0.25) is 0 Å². The summed E-state index contributed by atoms with van der Waals surface area (Å²) < 4.78 is 0. The summed E-state index contributed by atoms with van der Waals surface area (Å²) in [7, 11) is 0. The summed E-state index contributed by atoms with van der Waals surface area (Å²) in [5.74, 6) is 2.44. The van der Waals surface area contributed by atoms with Crippen LogP contribution in [0, 0.1) is 0 Å². The molecule has 6 aromatic rings. The molecule has 0 unspecified atom stereocenters. The zero-order valence-electron chi connectivity index (χ0n) is 26.2. The van der Waals surface area contributed by atoms with Gasteiger partial charge >= 0.3 is 0 Å². The number of benzene rings is 4. The quantitative estimate of drug-likeness (QED) is 0.186. The molecule has 0 amide bonds. The summed E-state index contributed by atoms with van der Waals surface area (Å²) in [6, 6.07) is 35.2. The number of rotatable bonds is 6. The smallest absolute Gasteiger partial charge is 0.165 e. The highest BCUT2D eigenvalue weighted by Gasteiger charge is 2.22. The molecule has 0 aliphatic heterocycles. The molecule has 2 aromatic heterocycles. The van der Waals surface area contributed by atoms with Gasteiger partial charge in [-0.25, -0.2) is 24.9 Å². The predicted octanol–water partition coefficient (Wildman–Crippen LogP) is 10.1. The largest absolute Gasteiger partial charge is 0.228 e. The van der Waals surface area contributed by atoms with E-state index in [4.69, 9.17) is 24.9 Å². The normalized spacial score (nSPS) is 14.2. The van der Waals surface area contributed by atoms with Crippen molar-refractivity contribution in [2.24, 2.45) is 0 Å². The van der Waals surface area contributed by atoms with Crippen LogP contribution < -0.4 is 0 Å². The van der Waals surface area contributed by atoms with Crippen LogP contribution in [-0.4, -0.2) is 24.9 Å². The standard InChI is InChI=1S/C43H31N5/c1-2-8-23-33(22-7-1)40-46-41(34-24-9-3-4-10-25-34)48-43(47-40)39-35-26-16-15-17-30(35)27-28-36(39)42-44-37(31-18-11-5-12-19-31)29-38(45-42)32-20-13-6-14-21-32/h1-24,26-29,33H,25H2. The number of allylic oxidation sites excluding steroid dienone is 12. The first-order valence-corrected chi connectivity index (χ1v) is 16.1. The third-order valence-corrected chi connectivity index (χ3v) is 8.46. The van der Waals surface area contributed by atoms with Crippen molar-refractivity contribution >= 4 is 16.3 Å². The molecular weight excluding hydrogens is 587 g/mol. The van der Waals surface area contributed by atoms with Crippen LogP contribution in [-0.2, 0) is 0 Å². The van der Waals surface area contributed by atoms with Gasteiger partial charge in [0.1, 0.15) is 5.82 Å². The Morgan fingerprint density at radius 1 is 0.500 bits per heavy atom. The van der Waals surface area contributed by atoms with Crippen molar-refractivity contribution in [1.29, 1.82) is 0 Å². The fourth-order valence-electron chi connectivity index (χ4n) is 6.05. The molecule has 2 aliphatic rings. The summed E-state index contributed by atoms with van der Waals surface area (Å²) in [4.78, 5) is 25.9. The van der Waals surface area contributed by atoms with Gasteiger partial charge in [-0.3, -0.25) is 0 Å². The Kier molecular flexibility index (Phi) is 7.99. The highest BCUT2D eigenvalue weighted by Crippen LogP contribution is 2.38. The lowest BCUT2D eigenvalue weighted by Crippen LogP contribution is -2.09. The first-order chi connectivity index (χ1) is 23.8. The van der Waals surface area contributed by atoms with Crippen molar-refractivity contribution in [3.63, 3.8) is 0 Å². The maximum atomic E-state index is 5.21. The molecule has 0 radical (unpaired) electrons. The highest BCUT2D eigenvalue weighted by atomic mass is 15.0. The van der Waals surface area contributed by atoms with Crippen LogP contribution >= 0.6 is 0 Å². The lowest BCUT2D eigenvalue weighted by molar-refractivity contribution is 0.864. The molecule has 0 bridgehead atoms. The molecule has 0 atom stereocenters. The van der Waals surface area contributed by atoms with Gasteiger partial charge < -0.3 is 0 Å². The van der Waals surface area contributed by atoms with Gasteiger partial charge in [0.25, 0.3) is 0 Å². The second kappa shape index (κ2) is 13.2. The average molecular weight is 618 g/mol. The molecule has 8 rings (SSSR count).